The third-order valence-corrected chi connectivity index (χ3v) is 6.59. The van der Waals surface area contributed by atoms with E-state index < -0.39 is 70.6 Å². The van der Waals surface area contributed by atoms with Crippen molar-refractivity contribution in [3.05, 3.63) is 63.9 Å². The van der Waals surface area contributed by atoms with Gasteiger partial charge >= 0.3 is 0 Å². The van der Waals surface area contributed by atoms with Gasteiger partial charge in [0, 0.05) is 30.0 Å². The Balaban J connectivity index is 1.69. The van der Waals surface area contributed by atoms with Crippen molar-refractivity contribution in [2.75, 3.05) is 27.1 Å². The molecule has 0 spiro atoms. The van der Waals surface area contributed by atoms with Crippen LogP contribution in [0.15, 0.2) is 41.2 Å². The van der Waals surface area contributed by atoms with Gasteiger partial charge in [-0.05, 0) is 29.7 Å². The molecule has 1 atom stereocenters. The van der Waals surface area contributed by atoms with E-state index in [1.165, 1.54) is 13.2 Å². The third-order valence-electron chi connectivity index (χ3n) is 6.59. The number of alkyl halides is 2. The second-order valence-corrected chi connectivity index (χ2v) is 8.99. The van der Waals surface area contributed by atoms with Gasteiger partial charge in [-0.2, -0.15) is 4.98 Å². The van der Waals surface area contributed by atoms with Crippen molar-refractivity contribution in [1.82, 2.24) is 9.97 Å². The molecule has 3 aromatic carbocycles. The SMILES string of the molecule is C#Cc1cccc2cc(OCOC)cc(-c3c(F)cc4c(=O)[nH]c(OC[C@]5(CO)CC5(F)F)nc4c3F)c12. The smallest absolute Gasteiger partial charge is 0.297 e. The molecule has 2 N–H and O–H groups in total. The molecule has 11 heteroatoms. The minimum atomic E-state index is -3.15. The lowest BCUT2D eigenvalue weighted by Crippen LogP contribution is -2.25. The van der Waals surface area contributed by atoms with Crippen molar-refractivity contribution in [2.45, 2.75) is 12.3 Å². The van der Waals surface area contributed by atoms with Crippen LogP contribution in [0, 0.1) is 29.4 Å². The predicted molar refractivity (Wildman–Crippen MR) is 130 cm³/mol. The molecule has 4 aromatic rings. The first-order valence-corrected chi connectivity index (χ1v) is 11.3. The Bertz CT molecular complexity index is 1680. The van der Waals surface area contributed by atoms with Crippen LogP contribution in [0.25, 0.3) is 32.8 Å². The summed E-state index contributed by atoms with van der Waals surface area (Å²) in [5, 5.41) is 9.83. The maximum Gasteiger partial charge on any atom is 0.297 e. The monoisotopic (exact) mass is 528 g/mol. The highest BCUT2D eigenvalue weighted by molar-refractivity contribution is 6.03. The van der Waals surface area contributed by atoms with Gasteiger partial charge in [0.15, 0.2) is 12.6 Å². The molecule has 1 saturated carbocycles. The summed E-state index contributed by atoms with van der Waals surface area (Å²) < 4.78 is 74.5. The highest BCUT2D eigenvalue weighted by Gasteiger charge is 2.71. The summed E-state index contributed by atoms with van der Waals surface area (Å²) in [6.45, 7) is -1.66. The molecule has 196 valence electrons. The molecule has 38 heavy (non-hydrogen) atoms. The van der Waals surface area contributed by atoms with Crippen molar-refractivity contribution in [2.24, 2.45) is 5.41 Å². The fraction of sp³-hybridized carbons (Fsp3) is 0.259. The van der Waals surface area contributed by atoms with E-state index in [4.69, 9.17) is 20.6 Å². The topological polar surface area (TPSA) is 93.7 Å². The third kappa shape index (κ3) is 4.12. The number of methoxy groups -OCH3 is 1. The Kier molecular flexibility index (Phi) is 6.25. The van der Waals surface area contributed by atoms with Crippen LogP contribution in [0.5, 0.6) is 11.8 Å². The molecule has 0 saturated heterocycles. The quantitative estimate of drug-likeness (QED) is 0.200. The molecule has 0 unspecified atom stereocenters. The van der Waals surface area contributed by atoms with Crippen molar-refractivity contribution >= 4 is 21.7 Å². The molecule has 5 rings (SSSR count). The Morgan fingerprint density at radius 1 is 1.21 bits per heavy atom. The average molecular weight is 528 g/mol. The summed E-state index contributed by atoms with van der Waals surface area (Å²) in [7, 11) is 1.41. The molecule has 0 aliphatic heterocycles. The molecule has 1 aliphatic rings. The van der Waals surface area contributed by atoms with Crippen molar-refractivity contribution in [1.29, 1.82) is 0 Å². The van der Waals surface area contributed by atoms with Crippen molar-refractivity contribution in [3.8, 4) is 35.2 Å². The molecule has 1 aromatic heterocycles. The zero-order chi connectivity index (χ0) is 27.2. The number of benzene rings is 3. The van der Waals surface area contributed by atoms with Crippen LogP contribution >= 0.6 is 0 Å². The molecule has 1 fully saturated rings. The molecule has 7 nitrogen and oxygen atoms in total. The number of aliphatic hydroxyl groups excluding tert-OH is 1. The number of nitrogens with zero attached hydrogens (tertiary/aromatic N) is 1. The zero-order valence-corrected chi connectivity index (χ0v) is 19.9. The molecule has 0 amide bonds. The summed E-state index contributed by atoms with van der Waals surface area (Å²) >= 11 is 0. The van der Waals surface area contributed by atoms with Crippen LogP contribution in [0.1, 0.15) is 12.0 Å². The standard InChI is InChI=1S/C27H20F4N2O5/c1-3-14-5-4-6-15-7-16(38-13-36-2)8-17(20(14)15)21-19(28)9-18-23(22(21)29)32-25(33-24(18)35)37-12-26(11-34)10-27(26,30)31/h1,4-9,34H,10-13H2,2H3,(H,32,33,35)/t26-/m1/s1. The average Bonchev–Trinajstić information content (AvgIpc) is 3.47. The molecule has 0 radical (unpaired) electrons. The minimum Gasteiger partial charge on any atom is -0.468 e. The van der Waals surface area contributed by atoms with E-state index in [-0.39, 0.29) is 18.1 Å². The molecular weight excluding hydrogens is 508 g/mol. The first-order valence-electron chi connectivity index (χ1n) is 11.3. The van der Waals surface area contributed by atoms with Crippen molar-refractivity contribution < 1.29 is 36.9 Å². The molecule has 1 heterocycles. The van der Waals surface area contributed by atoms with E-state index in [0.717, 1.165) is 6.07 Å². The Morgan fingerprint density at radius 2 is 1.97 bits per heavy atom. The van der Waals surface area contributed by atoms with Gasteiger partial charge in [-0.1, -0.05) is 18.1 Å². The van der Waals surface area contributed by atoms with E-state index in [1.807, 2.05) is 0 Å². The highest BCUT2D eigenvalue weighted by atomic mass is 19.3. The summed E-state index contributed by atoms with van der Waals surface area (Å²) in [6, 6.07) is 8.27. The van der Waals surface area contributed by atoms with Crippen LogP contribution < -0.4 is 15.0 Å². The van der Waals surface area contributed by atoms with Gasteiger partial charge in [-0.3, -0.25) is 9.78 Å². The van der Waals surface area contributed by atoms with Crippen LogP contribution in [0.2, 0.25) is 0 Å². The van der Waals surface area contributed by atoms with Crippen LogP contribution in [0.3, 0.4) is 0 Å². The van der Waals surface area contributed by atoms with Crippen LogP contribution in [-0.2, 0) is 4.74 Å². The van der Waals surface area contributed by atoms with Gasteiger partial charge in [-0.15, -0.1) is 6.42 Å². The summed E-state index contributed by atoms with van der Waals surface area (Å²) in [5.74, 6) is -2.66. The number of aromatic nitrogens is 2. The van der Waals surface area contributed by atoms with E-state index in [2.05, 4.69) is 15.9 Å². The second kappa shape index (κ2) is 9.31. The lowest BCUT2D eigenvalue weighted by molar-refractivity contribution is 0.0125. The highest BCUT2D eigenvalue weighted by Crippen LogP contribution is 2.60. The van der Waals surface area contributed by atoms with Crippen LogP contribution in [0.4, 0.5) is 17.6 Å². The van der Waals surface area contributed by atoms with Gasteiger partial charge in [0.05, 0.1) is 23.0 Å². The number of aromatic amines is 1. The van der Waals surface area contributed by atoms with E-state index >= 15 is 8.78 Å². The Labute approximate surface area is 213 Å². The number of H-pyrrole nitrogens is 1. The second-order valence-electron chi connectivity index (χ2n) is 8.99. The largest absolute Gasteiger partial charge is 0.468 e. The Morgan fingerprint density at radius 3 is 2.63 bits per heavy atom. The maximum absolute atomic E-state index is 16.0. The normalized spacial score (nSPS) is 17.9. The maximum atomic E-state index is 16.0. The van der Waals surface area contributed by atoms with E-state index in [1.54, 1.807) is 24.3 Å². The first kappa shape index (κ1) is 25.5. The molecule has 1 aliphatic carbocycles. The summed E-state index contributed by atoms with van der Waals surface area (Å²) in [6.07, 6.45) is 5.05. The summed E-state index contributed by atoms with van der Waals surface area (Å²) in [5.41, 5.74) is -3.44. The number of hydrogen-bond acceptors (Lipinski definition) is 6. The number of rotatable bonds is 8. The number of nitrogens with one attached hydrogen (secondary N) is 1. The number of fused-ring (bicyclic) bond motifs is 2. The molecule has 0 bridgehead atoms. The lowest BCUT2D eigenvalue weighted by atomic mass is 9.93. The number of ether oxygens (including phenoxy) is 3. The lowest BCUT2D eigenvalue weighted by Gasteiger charge is -2.16. The minimum absolute atomic E-state index is 0.0421. The van der Waals surface area contributed by atoms with Gasteiger partial charge < -0.3 is 19.3 Å². The van der Waals surface area contributed by atoms with Crippen molar-refractivity contribution in [3.63, 3.8) is 0 Å². The zero-order valence-electron chi connectivity index (χ0n) is 19.9. The van der Waals surface area contributed by atoms with Gasteiger partial charge in [0.1, 0.15) is 23.7 Å². The van der Waals surface area contributed by atoms with Gasteiger partial charge in [0.2, 0.25) is 0 Å². The van der Waals surface area contributed by atoms with E-state index in [9.17, 15) is 18.7 Å². The summed E-state index contributed by atoms with van der Waals surface area (Å²) in [4.78, 5) is 18.7. The first-order chi connectivity index (χ1) is 18.1. The van der Waals surface area contributed by atoms with Gasteiger partial charge in [0.25, 0.3) is 17.5 Å². The Hall–Kier alpha value is -4.14. The van der Waals surface area contributed by atoms with Crippen LogP contribution in [-0.4, -0.2) is 48.1 Å². The number of aliphatic hydroxyl groups is 1. The molecular formula is C27H20F4N2O5. The van der Waals surface area contributed by atoms with E-state index in [0.29, 0.717) is 16.3 Å². The fourth-order valence-corrected chi connectivity index (χ4v) is 4.39. The number of hydrogen-bond donors (Lipinski definition) is 2. The number of halogens is 4. The van der Waals surface area contributed by atoms with Gasteiger partial charge in [-0.25, -0.2) is 17.6 Å². The number of terminal acetylenes is 1. The predicted octanol–water partition coefficient (Wildman–Crippen LogP) is 4.38. The fourth-order valence-electron chi connectivity index (χ4n) is 4.39.